The second kappa shape index (κ2) is 10.6. The van der Waals surface area contributed by atoms with Gasteiger partial charge in [0.1, 0.15) is 17.3 Å². The van der Waals surface area contributed by atoms with Gasteiger partial charge < -0.3 is 10.5 Å². The minimum Gasteiger partial charge on any atom is -0.494 e. The summed E-state index contributed by atoms with van der Waals surface area (Å²) in [5.41, 5.74) is 9.34. The van der Waals surface area contributed by atoms with Gasteiger partial charge in [-0.25, -0.2) is 0 Å². The number of rotatable bonds is 6. The van der Waals surface area contributed by atoms with Gasteiger partial charge in [-0.1, -0.05) is 54.1 Å². The average Bonchev–Trinajstić information content (AvgIpc) is 2.94. The third-order valence-electron chi connectivity index (χ3n) is 7.14. The highest BCUT2D eigenvalue weighted by molar-refractivity contribution is 6.31. The summed E-state index contributed by atoms with van der Waals surface area (Å²) >= 11 is 6.10. The molecule has 0 fully saturated rings. The first-order valence-corrected chi connectivity index (χ1v) is 12.9. The van der Waals surface area contributed by atoms with Crippen LogP contribution in [0.3, 0.4) is 0 Å². The maximum atomic E-state index is 13.9. The van der Waals surface area contributed by atoms with E-state index >= 15 is 0 Å². The van der Waals surface area contributed by atoms with Crippen molar-refractivity contribution in [3.05, 3.63) is 122 Å². The van der Waals surface area contributed by atoms with Gasteiger partial charge in [0.05, 0.1) is 29.1 Å². The van der Waals surface area contributed by atoms with E-state index in [9.17, 15) is 20.2 Å². The fourth-order valence-electron chi connectivity index (χ4n) is 5.45. The first kappa shape index (κ1) is 26.0. The molecule has 2 N–H and O–H groups in total. The predicted molar refractivity (Wildman–Crippen MR) is 148 cm³/mol. The zero-order valence-electron chi connectivity index (χ0n) is 21.1. The lowest BCUT2D eigenvalue weighted by molar-refractivity contribution is -0.384. The Labute approximate surface area is 230 Å². The summed E-state index contributed by atoms with van der Waals surface area (Å²) in [5, 5.41) is 22.5. The summed E-state index contributed by atoms with van der Waals surface area (Å²) in [6.45, 7) is 2.39. The first-order valence-electron chi connectivity index (χ1n) is 12.5. The molecule has 1 aliphatic carbocycles. The fourth-order valence-corrected chi connectivity index (χ4v) is 5.62. The Balaban J connectivity index is 1.74. The Bertz CT molecular complexity index is 1560. The van der Waals surface area contributed by atoms with E-state index in [1.807, 2.05) is 49.4 Å². The van der Waals surface area contributed by atoms with Crippen molar-refractivity contribution < 1.29 is 14.5 Å². The van der Waals surface area contributed by atoms with Crippen molar-refractivity contribution in [3.63, 3.8) is 0 Å². The van der Waals surface area contributed by atoms with Crippen LogP contribution in [-0.2, 0) is 4.79 Å². The zero-order chi connectivity index (χ0) is 27.7. The number of nitro groups is 1. The molecule has 0 saturated heterocycles. The molecular weight excluding hydrogens is 516 g/mol. The molecule has 0 saturated carbocycles. The standard InChI is InChI=1S/C30H25ClN4O4/c1-2-39-22-11-8-19(9-12-22)28-23(17-32)30(33)34(24-13-10-21(31)16-25(24)35(37)38)26-14-20(15-27(36)29(26)28)18-6-4-3-5-7-18/h3-13,16,20,28H,2,14-15,33H2,1H3/t20-,28-/m1/s1. The molecule has 0 amide bonds. The molecule has 2 atom stereocenters. The zero-order valence-corrected chi connectivity index (χ0v) is 21.9. The SMILES string of the molecule is CCOc1ccc([C@@H]2C(C#N)=C(N)N(c3ccc(Cl)cc3[N+](=O)[O-])C3=C2C(=O)C[C@H](c2ccccc2)C3)cc1. The van der Waals surface area contributed by atoms with Crippen LogP contribution in [-0.4, -0.2) is 17.3 Å². The maximum absolute atomic E-state index is 13.9. The maximum Gasteiger partial charge on any atom is 0.294 e. The Morgan fingerprint density at radius 1 is 1.10 bits per heavy atom. The molecule has 9 heteroatoms. The van der Waals surface area contributed by atoms with Crippen LogP contribution in [0.15, 0.2) is 95.5 Å². The molecule has 39 heavy (non-hydrogen) atoms. The van der Waals surface area contributed by atoms with Gasteiger partial charge >= 0.3 is 0 Å². The summed E-state index contributed by atoms with van der Waals surface area (Å²) in [5.74, 6) is -0.302. The van der Waals surface area contributed by atoms with Crippen molar-refractivity contribution in [3.8, 4) is 11.8 Å². The number of carbonyl (C=O) groups is 1. The number of ether oxygens (including phenoxy) is 1. The lowest BCUT2D eigenvalue weighted by Gasteiger charge is -2.41. The van der Waals surface area contributed by atoms with Crippen LogP contribution >= 0.6 is 11.6 Å². The largest absolute Gasteiger partial charge is 0.494 e. The van der Waals surface area contributed by atoms with E-state index in [0.717, 1.165) is 5.56 Å². The Hall–Kier alpha value is -4.61. The first-order chi connectivity index (χ1) is 18.8. The highest BCUT2D eigenvalue weighted by atomic mass is 35.5. The van der Waals surface area contributed by atoms with Crippen LogP contribution in [0.1, 0.15) is 42.7 Å². The summed E-state index contributed by atoms with van der Waals surface area (Å²) in [7, 11) is 0. The third kappa shape index (κ3) is 4.73. The van der Waals surface area contributed by atoms with Crippen LogP contribution in [0.5, 0.6) is 5.75 Å². The van der Waals surface area contributed by atoms with E-state index in [-0.39, 0.29) is 45.9 Å². The van der Waals surface area contributed by atoms with Crippen LogP contribution < -0.4 is 15.4 Å². The lowest BCUT2D eigenvalue weighted by Crippen LogP contribution is -2.40. The van der Waals surface area contributed by atoms with Crippen LogP contribution in [0.4, 0.5) is 11.4 Å². The number of hydrogen-bond donors (Lipinski definition) is 1. The van der Waals surface area contributed by atoms with Crippen molar-refractivity contribution in [2.24, 2.45) is 5.73 Å². The molecule has 1 aliphatic heterocycles. The van der Waals surface area contributed by atoms with Crippen LogP contribution in [0.25, 0.3) is 0 Å². The molecule has 5 rings (SSSR count). The van der Waals surface area contributed by atoms with Gasteiger partial charge in [0.15, 0.2) is 5.78 Å². The molecule has 0 radical (unpaired) electrons. The molecule has 2 aliphatic rings. The summed E-state index contributed by atoms with van der Waals surface area (Å²) < 4.78 is 5.57. The van der Waals surface area contributed by atoms with E-state index in [0.29, 0.717) is 35.6 Å². The summed E-state index contributed by atoms with van der Waals surface area (Å²) in [6.07, 6.45) is 0.642. The number of nitrogens with two attached hydrogens (primary N) is 1. The molecule has 3 aromatic rings. The average molecular weight is 541 g/mol. The van der Waals surface area contributed by atoms with Crippen LogP contribution in [0, 0.1) is 21.4 Å². The van der Waals surface area contributed by atoms with Gasteiger partial charge in [-0.2, -0.15) is 5.26 Å². The van der Waals surface area contributed by atoms with E-state index in [1.165, 1.54) is 23.1 Å². The van der Waals surface area contributed by atoms with Gasteiger partial charge in [-0.15, -0.1) is 0 Å². The Morgan fingerprint density at radius 3 is 2.46 bits per heavy atom. The van der Waals surface area contributed by atoms with Crippen molar-refractivity contribution in [2.45, 2.75) is 31.6 Å². The number of hydrogen-bond acceptors (Lipinski definition) is 7. The smallest absolute Gasteiger partial charge is 0.294 e. The van der Waals surface area contributed by atoms with Crippen molar-refractivity contribution in [1.82, 2.24) is 0 Å². The van der Waals surface area contributed by atoms with Gasteiger partial charge in [0, 0.05) is 28.8 Å². The van der Waals surface area contributed by atoms with Crippen molar-refractivity contribution >= 4 is 28.8 Å². The Kier molecular flexibility index (Phi) is 7.09. The van der Waals surface area contributed by atoms with Crippen LogP contribution in [0.2, 0.25) is 5.02 Å². The van der Waals surface area contributed by atoms with E-state index < -0.39 is 10.8 Å². The van der Waals surface area contributed by atoms with Gasteiger partial charge in [0.2, 0.25) is 0 Å². The van der Waals surface area contributed by atoms with E-state index in [2.05, 4.69) is 6.07 Å². The number of nitrogens with zero attached hydrogens (tertiary/aromatic N) is 3. The number of anilines is 1. The normalized spacial score (nSPS) is 19.0. The lowest BCUT2D eigenvalue weighted by atomic mass is 9.72. The van der Waals surface area contributed by atoms with Crippen molar-refractivity contribution in [1.29, 1.82) is 5.26 Å². The quantitative estimate of drug-likeness (QED) is 0.285. The number of nitriles is 1. The highest BCUT2D eigenvalue weighted by Gasteiger charge is 2.44. The fraction of sp³-hybridized carbons (Fsp3) is 0.200. The second-order valence-electron chi connectivity index (χ2n) is 9.37. The molecule has 0 unspecified atom stereocenters. The molecule has 196 valence electrons. The summed E-state index contributed by atoms with van der Waals surface area (Å²) in [4.78, 5) is 27.0. The predicted octanol–water partition coefficient (Wildman–Crippen LogP) is 6.35. The number of halogens is 1. The van der Waals surface area contributed by atoms with Gasteiger partial charge in [0.25, 0.3) is 5.69 Å². The molecule has 1 heterocycles. The Morgan fingerprint density at radius 2 is 1.82 bits per heavy atom. The number of carbonyl (C=O) groups excluding carboxylic acids is 1. The molecule has 0 aromatic heterocycles. The molecule has 0 bridgehead atoms. The minimum atomic E-state index is -0.715. The number of allylic oxidation sites excluding steroid dienone is 3. The van der Waals surface area contributed by atoms with Gasteiger partial charge in [-0.05, 0) is 54.7 Å². The molecule has 3 aromatic carbocycles. The minimum absolute atomic E-state index is 0.0436. The number of Topliss-reactive ketones (excluding diaryl/α,β-unsaturated/α-hetero) is 1. The number of benzene rings is 3. The summed E-state index contributed by atoms with van der Waals surface area (Å²) in [6, 6.07) is 23.4. The number of nitro benzene ring substituents is 1. The highest BCUT2D eigenvalue weighted by Crippen LogP contribution is 2.50. The van der Waals surface area contributed by atoms with E-state index in [4.69, 9.17) is 22.1 Å². The molecule has 0 spiro atoms. The molecular formula is C30H25ClN4O4. The van der Waals surface area contributed by atoms with E-state index in [1.54, 1.807) is 12.1 Å². The topological polar surface area (TPSA) is 122 Å². The van der Waals surface area contributed by atoms with Crippen molar-refractivity contribution in [2.75, 3.05) is 11.5 Å². The second-order valence-corrected chi connectivity index (χ2v) is 9.81. The van der Waals surface area contributed by atoms with Gasteiger partial charge in [-0.3, -0.25) is 19.8 Å². The monoisotopic (exact) mass is 540 g/mol. The number of ketones is 1. The molecule has 8 nitrogen and oxygen atoms in total. The third-order valence-corrected chi connectivity index (χ3v) is 7.37.